The molecule has 2 atom stereocenters. The molecule has 0 spiro atoms. The third kappa shape index (κ3) is 2.99. The lowest BCUT2D eigenvalue weighted by Crippen LogP contribution is -2.42. The molecule has 1 saturated heterocycles. The van der Waals surface area contributed by atoms with Crippen LogP contribution in [0.1, 0.15) is 39.5 Å². The van der Waals surface area contributed by atoms with Gasteiger partial charge in [-0.3, -0.25) is 4.79 Å². The maximum atomic E-state index is 12.1. The van der Waals surface area contributed by atoms with E-state index in [1.165, 1.54) is 0 Å². The van der Waals surface area contributed by atoms with Crippen molar-refractivity contribution in [3.8, 4) is 12.3 Å². The second-order valence-electron chi connectivity index (χ2n) is 4.30. The normalized spacial score (nSPS) is 22.2. The molecule has 0 aliphatic carbocycles. The van der Waals surface area contributed by atoms with Crippen molar-refractivity contribution in [2.75, 3.05) is 13.1 Å². The molecule has 1 rings (SSSR count). The summed E-state index contributed by atoms with van der Waals surface area (Å²) in [6.07, 6.45) is 8.92. The van der Waals surface area contributed by atoms with Gasteiger partial charge in [0.25, 0.3) is 0 Å². The number of nitrogens with one attached hydrogen (secondary N) is 1. The Bertz CT molecular complexity index is 270. The fourth-order valence-corrected chi connectivity index (χ4v) is 2.18. The van der Waals surface area contributed by atoms with Crippen molar-refractivity contribution in [1.82, 2.24) is 10.2 Å². The predicted octanol–water partition coefficient (Wildman–Crippen LogP) is 1.39. The Labute approximate surface area is 98.6 Å². The van der Waals surface area contributed by atoms with Crippen molar-refractivity contribution in [2.24, 2.45) is 0 Å². The molecule has 3 nitrogen and oxygen atoms in total. The van der Waals surface area contributed by atoms with Gasteiger partial charge in [-0.2, -0.15) is 0 Å². The fourth-order valence-electron chi connectivity index (χ4n) is 2.18. The Balaban J connectivity index is 2.52. The van der Waals surface area contributed by atoms with Crippen LogP contribution in [-0.4, -0.2) is 36.0 Å². The van der Waals surface area contributed by atoms with E-state index in [1.54, 1.807) is 0 Å². The molecule has 0 aromatic heterocycles. The standard InChI is InChI=1S/C13H22N2O/c1-4-7-11(6-3)15-10-8-12(13(15)16)14-9-5-2/h1,11-12,14H,5-10H2,2-3H3. The van der Waals surface area contributed by atoms with Crippen LogP contribution in [0.15, 0.2) is 0 Å². The van der Waals surface area contributed by atoms with Gasteiger partial charge in [-0.05, 0) is 25.8 Å². The molecule has 1 amide bonds. The van der Waals surface area contributed by atoms with Gasteiger partial charge in [0.15, 0.2) is 0 Å². The molecule has 1 aliphatic rings. The van der Waals surface area contributed by atoms with Gasteiger partial charge < -0.3 is 10.2 Å². The summed E-state index contributed by atoms with van der Waals surface area (Å²) < 4.78 is 0. The van der Waals surface area contributed by atoms with Crippen LogP contribution in [0.5, 0.6) is 0 Å². The van der Waals surface area contributed by atoms with Crippen molar-refractivity contribution in [2.45, 2.75) is 51.6 Å². The Kier molecular flexibility index (Phi) is 5.34. The van der Waals surface area contributed by atoms with Crippen LogP contribution >= 0.6 is 0 Å². The Morgan fingerprint density at radius 1 is 1.62 bits per heavy atom. The van der Waals surface area contributed by atoms with Crippen molar-refractivity contribution in [3.05, 3.63) is 0 Å². The molecule has 0 aromatic rings. The first-order valence-corrected chi connectivity index (χ1v) is 6.21. The highest BCUT2D eigenvalue weighted by molar-refractivity contribution is 5.84. The zero-order chi connectivity index (χ0) is 12.0. The van der Waals surface area contributed by atoms with Gasteiger partial charge in [0.1, 0.15) is 0 Å². The average Bonchev–Trinajstić information content (AvgIpc) is 2.65. The van der Waals surface area contributed by atoms with Gasteiger partial charge >= 0.3 is 0 Å². The number of hydrogen-bond acceptors (Lipinski definition) is 2. The highest BCUT2D eigenvalue weighted by Gasteiger charge is 2.34. The van der Waals surface area contributed by atoms with Crippen LogP contribution in [0.3, 0.4) is 0 Å². The van der Waals surface area contributed by atoms with E-state index in [0.29, 0.717) is 6.42 Å². The zero-order valence-electron chi connectivity index (χ0n) is 10.3. The summed E-state index contributed by atoms with van der Waals surface area (Å²) in [5.41, 5.74) is 0. The number of terminal acetylenes is 1. The van der Waals surface area contributed by atoms with E-state index in [-0.39, 0.29) is 18.0 Å². The number of hydrogen-bond donors (Lipinski definition) is 1. The molecule has 1 fully saturated rings. The van der Waals surface area contributed by atoms with Crippen molar-refractivity contribution in [3.63, 3.8) is 0 Å². The highest BCUT2D eigenvalue weighted by atomic mass is 16.2. The first-order valence-electron chi connectivity index (χ1n) is 6.21. The summed E-state index contributed by atoms with van der Waals surface area (Å²) in [7, 11) is 0. The Morgan fingerprint density at radius 3 is 2.94 bits per heavy atom. The molecule has 0 bridgehead atoms. The van der Waals surface area contributed by atoms with E-state index in [4.69, 9.17) is 6.42 Å². The van der Waals surface area contributed by atoms with Crippen LogP contribution in [0.4, 0.5) is 0 Å². The summed E-state index contributed by atoms with van der Waals surface area (Å²) in [4.78, 5) is 14.0. The van der Waals surface area contributed by atoms with Crippen molar-refractivity contribution >= 4 is 5.91 Å². The SMILES string of the molecule is C#CCC(CC)N1CCC(NCCC)C1=O. The average molecular weight is 222 g/mol. The third-order valence-electron chi connectivity index (χ3n) is 3.15. The lowest BCUT2D eigenvalue weighted by atomic mass is 10.1. The smallest absolute Gasteiger partial charge is 0.240 e. The van der Waals surface area contributed by atoms with Gasteiger partial charge in [0.05, 0.1) is 6.04 Å². The van der Waals surface area contributed by atoms with E-state index in [2.05, 4.69) is 25.1 Å². The van der Waals surface area contributed by atoms with Crippen LogP contribution in [-0.2, 0) is 4.79 Å². The minimum absolute atomic E-state index is 0.0202. The van der Waals surface area contributed by atoms with Crippen molar-refractivity contribution < 1.29 is 4.79 Å². The molecule has 1 heterocycles. The second kappa shape index (κ2) is 6.55. The molecule has 2 unspecified atom stereocenters. The quantitative estimate of drug-likeness (QED) is 0.689. The summed E-state index contributed by atoms with van der Waals surface area (Å²) in [5.74, 6) is 2.89. The van der Waals surface area contributed by atoms with Crippen LogP contribution in [0, 0.1) is 12.3 Å². The molecule has 0 aromatic carbocycles. The lowest BCUT2D eigenvalue weighted by Gasteiger charge is -2.25. The minimum Gasteiger partial charge on any atom is -0.337 e. The summed E-state index contributed by atoms with van der Waals surface area (Å²) in [6.45, 7) is 5.95. The van der Waals surface area contributed by atoms with E-state index in [0.717, 1.165) is 32.4 Å². The topological polar surface area (TPSA) is 32.3 Å². The molecule has 1 aliphatic heterocycles. The second-order valence-corrected chi connectivity index (χ2v) is 4.30. The predicted molar refractivity (Wildman–Crippen MR) is 65.9 cm³/mol. The fraction of sp³-hybridized carbons (Fsp3) is 0.769. The van der Waals surface area contributed by atoms with Crippen LogP contribution in [0.25, 0.3) is 0 Å². The molecule has 16 heavy (non-hydrogen) atoms. The van der Waals surface area contributed by atoms with Crippen LogP contribution < -0.4 is 5.32 Å². The van der Waals surface area contributed by atoms with Gasteiger partial charge in [-0.25, -0.2) is 0 Å². The summed E-state index contributed by atoms with van der Waals surface area (Å²) in [6, 6.07) is 0.248. The monoisotopic (exact) mass is 222 g/mol. The van der Waals surface area contributed by atoms with E-state index in [9.17, 15) is 4.79 Å². The number of rotatable bonds is 6. The van der Waals surface area contributed by atoms with Crippen molar-refractivity contribution in [1.29, 1.82) is 0 Å². The van der Waals surface area contributed by atoms with E-state index in [1.807, 2.05) is 4.90 Å². The van der Waals surface area contributed by atoms with Crippen LogP contribution in [0.2, 0.25) is 0 Å². The van der Waals surface area contributed by atoms with E-state index < -0.39 is 0 Å². The minimum atomic E-state index is 0.0202. The molecule has 0 radical (unpaired) electrons. The number of likely N-dealkylation sites (tertiary alicyclic amines) is 1. The van der Waals surface area contributed by atoms with Gasteiger partial charge in [0, 0.05) is 19.0 Å². The number of nitrogens with zero attached hydrogens (tertiary/aromatic N) is 1. The van der Waals surface area contributed by atoms with E-state index >= 15 is 0 Å². The molecular weight excluding hydrogens is 200 g/mol. The number of amides is 1. The van der Waals surface area contributed by atoms with Gasteiger partial charge in [0.2, 0.25) is 5.91 Å². The number of carbonyl (C=O) groups is 1. The van der Waals surface area contributed by atoms with Gasteiger partial charge in [-0.1, -0.05) is 13.8 Å². The summed E-state index contributed by atoms with van der Waals surface area (Å²) in [5, 5.41) is 3.29. The van der Waals surface area contributed by atoms with Gasteiger partial charge in [-0.15, -0.1) is 12.3 Å². The molecule has 0 saturated carbocycles. The Morgan fingerprint density at radius 2 is 2.38 bits per heavy atom. The number of carbonyl (C=O) groups excluding carboxylic acids is 1. The lowest BCUT2D eigenvalue weighted by molar-refractivity contribution is -0.131. The molecular formula is C13H22N2O. The first kappa shape index (κ1) is 13.1. The highest BCUT2D eigenvalue weighted by Crippen LogP contribution is 2.18. The Hall–Kier alpha value is -1.01. The molecule has 1 N–H and O–H groups in total. The molecule has 3 heteroatoms. The first-order chi connectivity index (χ1) is 7.74. The molecule has 90 valence electrons. The largest absolute Gasteiger partial charge is 0.337 e. The zero-order valence-corrected chi connectivity index (χ0v) is 10.3. The third-order valence-corrected chi connectivity index (χ3v) is 3.15. The summed E-state index contributed by atoms with van der Waals surface area (Å²) >= 11 is 0. The maximum Gasteiger partial charge on any atom is 0.240 e. The maximum absolute atomic E-state index is 12.1.